The van der Waals surface area contributed by atoms with Gasteiger partial charge in [-0.15, -0.1) is 0 Å². The van der Waals surface area contributed by atoms with Crippen molar-refractivity contribution in [1.82, 2.24) is 15.0 Å². The summed E-state index contributed by atoms with van der Waals surface area (Å²) >= 11 is 5.54. The fraction of sp³-hybridized carbons (Fsp3) is 0.571. The highest BCUT2D eigenvalue weighted by atomic mass is 35.5. The molecule has 0 bridgehead atoms. The first-order valence-electron chi connectivity index (χ1n) is 4.02. The van der Waals surface area contributed by atoms with Gasteiger partial charge >= 0.3 is 6.01 Å². The average Bonchev–Trinajstić information content (AvgIpc) is 2.03. The molecular weight excluding hydrogens is 192 g/mol. The maximum atomic E-state index is 5.54. The van der Waals surface area contributed by atoms with E-state index in [1.807, 2.05) is 0 Å². The van der Waals surface area contributed by atoms with Crippen molar-refractivity contribution in [3.05, 3.63) is 5.28 Å². The molecule has 0 unspecified atom stereocenters. The third-order valence-corrected chi connectivity index (χ3v) is 1.50. The zero-order chi connectivity index (χ0) is 9.68. The molecule has 0 spiro atoms. The summed E-state index contributed by atoms with van der Waals surface area (Å²) in [7, 11) is 0. The van der Waals surface area contributed by atoms with Crippen LogP contribution in [0.15, 0.2) is 0 Å². The van der Waals surface area contributed by atoms with Crippen LogP contribution in [0.5, 0.6) is 6.01 Å². The number of halogens is 1. The summed E-state index contributed by atoms with van der Waals surface area (Å²) in [6.07, 6.45) is 2.00. The van der Waals surface area contributed by atoms with E-state index in [2.05, 4.69) is 21.9 Å². The Hall–Kier alpha value is -1.10. The summed E-state index contributed by atoms with van der Waals surface area (Å²) in [5.74, 6) is 0.0755. The Labute approximate surface area is 81.3 Å². The largest absolute Gasteiger partial charge is 0.463 e. The van der Waals surface area contributed by atoms with Crippen LogP contribution in [0.4, 0.5) is 5.95 Å². The molecule has 0 fully saturated rings. The highest BCUT2D eigenvalue weighted by Gasteiger charge is 2.02. The molecule has 6 heteroatoms. The van der Waals surface area contributed by atoms with Crippen LogP contribution in [0.2, 0.25) is 5.28 Å². The molecule has 1 rings (SSSR count). The van der Waals surface area contributed by atoms with Crippen LogP contribution < -0.4 is 10.5 Å². The number of aromatic nitrogens is 3. The Morgan fingerprint density at radius 3 is 2.77 bits per heavy atom. The van der Waals surface area contributed by atoms with Gasteiger partial charge in [-0.2, -0.15) is 15.0 Å². The minimum atomic E-state index is 0.0546. The van der Waals surface area contributed by atoms with Crippen molar-refractivity contribution in [3.63, 3.8) is 0 Å². The molecular formula is C7H11ClN4O. The van der Waals surface area contributed by atoms with E-state index in [0.717, 1.165) is 12.8 Å². The predicted octanol–water partition coefficient (Wildman–Crippen LogP) is 1.29. The van der Waals surface area contributed by atoms with Gasteiger partial charge < -0.3 is 10.5 Å². The highest BCUT2D eigenvalue weighted by Crippen LogP contribution is 2.08. The molecule has 72 valence electrons. The molecule has 0 amide bonds. The van der Waals surface area contributed by atoms with Crippen LogP contribution >= 0.6 is 11.6 Å². The van der Waals surface area contributed by atoms with E-state index in [1.165, 1.54) is 0 Å². The summed E-state index contributed by atoms with van der Waals surface area (Å²) < 4.78 is 5.18. The first-order chi connectivity index (χ1) is 6.22. The van der Waals surface area contributed by atoms with Crippen LogP contribution in [-0.2, 0) is 0 Å². The lowest BCUT2D eigenvalue weighted by Gasteiger charge is -2.02. The average molecular weight is 203 g/mol. The second kappa shape index (κ2) is 4.81. The Balaban J connectivity index is 2.56. The molecule has 0 saturated heterocycles. The van der Waals surface area contributed by atoms with Gasteiger partial charge in [0.1, 0.15) is 0 Å². The minimum absolute atomic E-state index is 0.0546. The number of nitrogens with zero attached hydrogens (tertiary/aromatic N) is 3. The summed E-state index contributed by atoms with van der Waals surface area (Å²) in [5.41, 5.74) is 5.34. The van der Waals surface area contributed by atoms with Gasteiger partial charge in [0.05, 0.1) is 6.61 Å². The van der Waals surface area contributed by atoms with Gasteiger partial charge in [-0.05, 0) is 18.0 Å². The highest BCUT2D eigenvalue weighted by molar-refractivity contribution is 6.28. The molecule has 0 aliphatic rings. The van der Waals surface area contributed by atoms with Crippen molar-refractivity contribution in [1.29, 1.82) is 0 Å². The van der Waals surface area contributed by atoms with E-state index in [4.69, 9.17) is 22.1 Å². The predicted molar refractivity (Wildman–Crippen MR) is 49.7 cm³/mol. The second-order valence-corrected chi connectivity index (χ2v) is 2.79. The minimum Gasteiger partial charge on any atom is -0.463 e. The quantitative estimate of drug-likeness (QED) is 0.745. The molecule has 2 N–H and O–H groups in total. The van der Waals surface area contributed by atoms with Crippen molar-refractivity contribution in [3.8, 4) is 6.01 Å². The fourth-order valence-electron chi connectivity index (χ4n) is 0.719. The van der Waals surface area contributed by atoms with Crippen molar-refractivity contribution in [2.45, 2.75) is 19.8 Å². The number of unbranched alkanes of at least 4 members (excludes halogenated alkanes) is 1. The molecule has 0 aromatic carbocycles. The molecule has 13 heavy (non-hydrogen) atoms. The lowest BCUT2D eigenvalue weighted by Crippen LogP contribution is -2.04. The van der Waals surface area contributed by atoms with E-state index in [-0.39, 0.29) is 17.2 Å². The number of hydrogen-bond donors (Lipinski definition) is 1. The van der Waals surface area contributed by atoms with Crippen LogP contribution in [0.25, 0.3) is 0 Å². The van der Waals surface area contributed by atoms with Crippen molar-refractivity contribution in [2.75, 3.05) is 12.3 Å². The topological polar surface area (TPSA) is 73.9 Å². The Morgan fingerprint density at radius 1 is 1.38 bits per heavy atom. The van der Waals surface area contributed by atoms with Gasteiger partial charge in [-0.3, -0.25) is 0 Å². The van der Waals surface area contributed by atoms with Gasteiger partial charge in [0, 0.05) is 0 Å². The first kappa shape index (κ1) is 9.98. The normalized spacial score (nSPS) is 10.0. The van der Waals surface area contributed by atoms with Gasteiger partial charge in [-0.25, -0.2) is 0 Å². The van der Waals surface area contributed by atoms with Gasteiger partial charge in [-0.1, -0.05) is 13.3 Å². The summed E-state index contributed by atoms with van der Waals surface area (Å²) in [6.45, 7) is 2.63. The standard InChI is InChI=1S/C7H11ClN4O/c1-2-3-4-13-7-11-5(8)10-6(9)12-7/h2-4H2,1H3,(H2,9,10,11,12). The third kappa shape index (κ3) is 3.42. The fourth-order valence-corrected chi connectivity index (χ4v) is 0.878. The molecule has 0 atom stereocenters. The Morgan fingerprint density at radius 2 is 2.15 bits per heavy atom. The van der Waals surface area contributed by atoms with E-state index < -0.39 is 0 Å². The molecule has 1 aromatic heterocycles. The molecule has 0 radical (unpaired) electrons. The number of nitrogens with two attached hydrogens (primary N) is 1. The van der Waals surface area contributed by atoms with Crippen LogP contribution in [0, 0.1) is 0 Å². The molecule has 0 aliphatic carbocycles. The maximum absolute atomic E-state index is 5.54. The molecule has 0 saturated carbocycles. The van der Waals surface area contributed by atoms with Crippen molar-refractivity contribution < 1.29 is 4.74 Å². The van der Waals surface area contributed by atoms with Gasteiger partial charge in [0.25, 0.3) is 0 Å². The first-order valence-corrected chi connectivity index (χ1v) is 4.40. The van der Waals surface area contributed by atoms with E-state index in [9.17, 15) is 0 Å². The van der Waals surface area contributed by atoms with Crippen molar-refractivity contribution in [2.24, 2.45) is 0 Å². The maximum Gasteiger partial charge on any atom is 0.322 e. The summed E-state index contributed by atoms with van der Waals surface area (Å²) in [4.78, 5) is 11.1. The third-order valence-electron chi connectivity index (χ3n) is 1.33. The Bertz CT molecular complexity index is 261. The molecule has 0 aliphatic heterocycles. The Kier molecular flexibility index (Phi) is 3.70. The molecule has 1 heterocycles. The zero-order valence-corrected chi connectivity index (χ0v) is 8.08. The van der Waals surface area contributed by atoms with E-state index in [1.54, 1.807) is 0 Å². The zero-order valence-electron chi connectivity index (χ0n) is 7.33. The number of anilines is 1. The van der Waals surface area contributed by atoms with Crippen molar-refractivity contribution >= 4 is 17.5 Å². The molecule has 1 aromatic rings. The lowest BCUT2D eigenvalue weighted by molar-refractivity contribution is 0.285. The number of nitrogen functional groups attached to an aromatic ring is 1. The molecule has 5 nitrogen and oxygen atoms in total. The van der Waals surface area contributed by atoms with Gasteiger partial charge in [0.15, 0.2) is 0 Å². The second-order valence-electron chi connectivity index (χ2n) is 2.45. The monoisotopic (exact) mass is 202 g/mol. The summed E-state index contributed by atoms with van der Waals surface area (Å²) in [5, 5.41) is 0.0546. The van der Waals surface area contributed by atoms with Crippen LogP contribution in [0.1, 0.15) is 19.8 Å². The summed E-state index contributed by atoms with van der Waals surface area (Å²) in [6, 6.07) is 0.186. The SMILES string of the molecule is CCCCOc1nc(N)nc(Cl)n1. The number of ether oxygens (including phenoxy) is 1. The van der Waals surface area contributed by atoms with Crippen LogP contribution in [-0.4, -0.2) is 21.6 Å². The van der Waals surface area contributed by atoms with E-state index >= 15 is 0 Å². The number of rotatable bonds is 4. The lowest BCUT2D eigenvalue weighted by atomic mass is 10.4. The smallest absolute Gasteiger partial charge is 0.322 e. The number of hydrogen-bond acceptors (Lipinski definition) is 5. The van der Waals surface area contributed by atoms with E-state index in [0.29, 0.717) is 6.61 Å². The van der Waals surface area contributed by atoms with Gasteiger partial charge in [0.2, 0.25) is 11.2 Å². The van der Waals surface area contributed by atoms with Crippen LogP contribution in [0.3, 0.4) is 0 Å².